The number of hydrogen-bond donors (Lipinski definition) is 1. The normalized spacial score (nSPS) is 11.6. The summed E-state index contributed by atoms with van der Waals surface area (Å²) in [7, 11) is 2.02. The molecule has 4 heterocycles. The third-order valence-corrected chi connectivity index (χ3v) is 5.46. The molecule has 0 radical (unpaired) electrons. The number of pyridine rings is 1. The van der Waals surface area contributed by atoms with Gasteiger partial charge in [-0.15, -0.1) is 11.3 Å². The fourth-order valence-corrected chi connectivity index (χ4v) is 4.20. The summed E-state index contributed by atoms with van der Waals surface area (Å²) >= 11 is 1.68. The molecule has 0 bridgehead atoms. The molecule has 0 saturated carbocycles. The van der Waals surface area contributed by atoms with Crippen LogP contribution in [0, 0.1) is 6.92 Å². The lowest BCUT2D eigenvalue weighted by Crippen LogP contribution is -1.85. The number of nitrogens with one attached hydrogen (secondary N) is 1. The van der Waals surface area contributed by atoms with Crippen molar-refractivity contribution in [2.24, 2.45) is 7.05 Å². The third-order valence-electron chi connectivity index (χ3n) is 4.58. The monoisotopic (exact) mass is 344 g/mol. The molecular weight excluding hydrogens is 328 g/mol. The second kappa shape index (κ2) is 5.29. The van der Waals surface area contributed by atoms with Crippen molar-refractivity contribution in [3.63, 3.8) is 0 Å². The molecule has 0 amide bonds. The molecule has 0 unspecified atom stereocenters. The van der Waals surface area contributed by atoms with Crippen LogP contribution in [0.4, 0.5) is 0 Å². The summed E-state index contributed by atoms with van der Waals surface area (Å²) in [6, 6.07) is 10.5. The lowest BCUT2D eigenvalue weighted by molar-refractivity contribution is 0.949. The van der Waals surface area contributed by atoms with Crippen molar-refractivity contribution in [3.05, 3.63) is 59.9 Å². The van der Waals surface area contributed by atoms with Gasteiger partial charge in [-0.1, -0.05) is 11.6 Å². The standard InChI is InChI=1S/C20H16N4S/c1-12-5-6-17-14(8-12)15(9-22-17)20-23-18(11-25-20)16-10-24(2)19-13(16)4-3-7-21-19/h3-11,22H,1-2H3. The van der Waals surface area contributed by atoms with E-state index in [1.54, 1.807) is 11.3 Å². The van der Waals surface area contributed by atoms with E-state index in [1.807, 2.05) is 19.3 Å². The van der Waals surface area contributed by atoms with Gasteiger partial charge in [-0.05, 0) is 31.2 Å². The molecule has 0 atom stereocenters. The third kappa shape index (κ3) is 2.20. The number of thiazole rings is 1. The number of nitrogens with zero attached hydrogens (tertiary/aromatic N) is 3. The first-order valence-corrected chi connectivity index (χ1v) is 9.03. The predicted octanol–water partition coefficient (Wildman–Crippen LogP) is 5.15. The minimum absolute atomic E-state index is 0.981. The molecule has 1 N–H and O–H groups in total. The summed E-state index contributed by atoms with van der Waals surface area (Å²) in [4.78, 5) is 12.7. The number of hydrogen-bond acceptors (Lipinski definition) is 3. The number of aromatic amines is 1. The van der Waals surface area contributed by atoms with E-state index in [0.29, 0.717) is 0 Å². The number of benzene rings is 1. The molecule has 1 aromatic carbocycles. The van der Waals surface area contributed by atoms with E-state index < -0.39 is 0 Å². The maximum atomic E-state index is 4.92. The highest BCUT2D eigenvalue weighted by atomic mass is 32.1. The Balaban J connectivity index is 1.67. The second-order valence-corrected chi connectivity index (χ2v) is 7.18. The van der Waals surface area contributed by atoms with E-state index in [0.717, 1.165) is 38.4 Å². The fraction of sp³-hybridized carbons (Fsp3) is 0.100. The van der Waals surface area contributed by atoms with Crippen molar-refractivity contribution < 1.29 is 0 Å². The highest BCUT2D eigenvalue weighted by Gasteiger charge is 2.15. The zero-order valence-electron chi connectivity index (χ0n) is 13.9. The number of rotatable bonds is 2. The molecule has 25 heavy (non-hydrogen) atoms. The van der Waals surface area contributed by atoms with Crippen molar-refractivity contribution >= 4 is 33.3 Å². The van der Waals surface area contributed by atoms with Gasteiger partial charge in [0.05, 0.1) is 5.69 Å². The lowest BCUT2D eigenvalue weighted by Gasteiger charge is -1.97. The van der Waals surface area contributed by atoms with Crippen LogP contribution in [-0.2, 0) is 7.05 Å². The first-order valence-electron chi connectivity index (χ1n) is 8.15. The lowest BCUT2D eigenvalue weighted by atomic mass is 10.1. The molecule has 0 fully saturated rings. The summed E-state index contributed by atoms with van der Waals surface area (Å²) in [6.45, 7) is 2.12. The number of fused-ring (bicyclic) bond motifs is 2. The molecule has 122 valence electrons. The minimum atomic E-state index is 0.981. The van der Waals surface area contributed by atoms with E-state index >= 15 is 0 Å². The van der Waals surface area contributed by atoms with Gasteiger partial charge in [0.1, 0.15) is 10.7 Å². The summed E-state index contributed by atoms with van der Waals surface area (Å²) in [5.41, 5.74) is 6.67. The van der Waals surface area contributed by atoms with Crippen molar-refractivity contribution in [2.75, 3.05) is 0 Å². The molecule has 4 aromatic heterocycles. The molecule has 5 aromatic rings. The molecule has 4 nitrogen and oxygen atoms in total. The van der Waals surface area contributed by atoms with Crippen LogP contribution in [-0.4, -0.2) is 19.5 Å². The van der Waals surface area contributed by atoms with E-state index in [9.17, 15) is 0 Å². The quantitative estimate of drug-likeness (QED) is 0.481. The Morgan fingerprint density at radius 2 is 2.04 bits per heavy atom. The van der Waals surface area contributed by atoms with Gasteiger partial charge >= 0.3 is 0 Å². The Labute approximate surface area is 148 Å². The zero-order valence-corrected chi connectivity index (χ0v) is 14.8. The largest absolute Gasteiger partial charge is 0.360 e. The smallest absolute Gasteiger partial charge is 0.140 e. The van der Waals surface area contributed by atoms with E-state index in [1.165, 1.54) is 10.9 Å². The van der Waals surface area contributed by atoms with Gasteiger partial charge in [0.25, 0.3) is 0 Å². The van der Waals surface area contributed by atoms with Gasteiger partial charge in [0.2, 0.25) is 0 Å². The fourth-order valence-electron chi connectivity index (χ4n) is 3.35. The Morgan fingerprint density at radius 3 is 2.96 bits per heavy atom. The highest BCUT2D eigenvalue weighted by Crippen LogP contribution is 2.36. The van der Waals surface area contributed by atoms with Gasteiger partial charge in [-0.25, -0.2) is 9.97 Å². The molecule has 0 aliphatic carbocycles. The SMILES string of the molecule is Cc1ccc2[nH]cc(-c3nc(-c4cn(C)c5ncccc45)cs3)c2c1. The van der Waals surface area contributed by atoms with Crippen molar-refractivity contribution in [3.8, 4) is 21.8 Å². The van der Waals surface area contributed by atoms with Gasteiger partial charge in [0, 0.05) is 58.4 Å². The van der Waals surface area contributed by atoms with Crippen LogP contribution in [0.5, 0.6) is 0 Å². The average Bonchev–Trinajstić information content (AvgIpc) is 3.32. The summed E-state index contributed by atoms with van der Waals surface area (Å²) in [5, 5.41) is 5.52. The second-order valence-electron chi connectivity index (χ2n) is 6.32. The van der Waals surface area contributed by atoms with E-state index in [-0.39, 0.29) is 0 Å². The molecular formula is C20H16N4S. The maximum absolute atomic E-state index is 4.92. The van der Waals surface area contributed by atoms with Gasteiger partial charge < -0.3 is 9.55 Å². The van der Waals surface area contributed by atoms with E-state index in [2.05, 4.69) is 63.5 Å². The van der Waals surface area contributed by atoms with Crippen molar-refractivity contribution in [1.29, 1.82) is 0 Å². The Bertz CT molecular complexity index is 1230. The topological polar surface area (TPSA) is 46.5 Å². The van der Waals surface area contributed by atoms with Crippen molar-refractivity contribution in [1.82, 2.24) is 19.5 Å². The van der Waals surface area contributed by atoms with Crippen LogP contribution in [0.2, 0.25) is 0 Å². The first-order chi connectivity index (χ1) is 12.2. The number of H-pyrrole nitrogens is 1. The molecule has 0 saturated heterocycles. The van der Waals surface area contributed by atoms with Crippen LogP contribution in [0.1, 0.15) is 5.56 Å². The molecule has 5 rings (SSSR count). The van der Waals surface area contributed by atoms with Crippen LogP contribution in [0.15, 0.2) is 54.3 Å². The maximum Gasteiger partial charge on any atom is 0.140 e. The minimum Gasteiger partial charge on any atom is -0.360 e. The zero-order chi connectivity index (χ0) is 17.0. The first kappa shape index (κ1) is 14.4. The Morgan fingerprint density at radius 1 is 1.12 bits per heavy atom. The predicted molar refractivity (Wildman–Crippen MR) is 104 cm³/mol. The molecule has 0 aliphatic heterocycles. The van der Waals surface area contributed by atoms with Gasteiger partial charge in [-0.2, -0.15) is 0 Å². The van der Waals surface area contributed by atoms with Gasteiger partial charge in [-0.3, -0.25) is 0 Å². The van der Waals surface area contributed by atoms with Gasteiger partial charge in [0.15, 0.2) is 0 Å². The highest BCUT2D eigenvalue weighted by molar-refractivity contribution is 7.13. The van der Waals surface area contributed by atoms with E-state index in [4.69, 9.17) is 4.98 Å². The summed E-state index contributed by atoms with van der Waals surface area (Å²) in [5.74, 6) is 0. The van der Waals surface area contributed by atoms with Crippen LogP contribution in [0.3, 0.4) is 0 Å². The summed E-state index contributed by atoms with van der Waals surface area (Å²) in [6.07, 6.45) is 5.99. The number of aromatic nitrogens is 4. The van der Waals surface area contributed by atoms with Crippen LogP contribution in [0.25, 0.3) is 43.8 Å². The molecule has 5 heteroatoms. The molecule has 0 aliphatic rings. The van der Waals surface area contributed by atoms with Crippen LogP contribution >= 0.6 is 11.3 Å². The number of aryl methyl sites for hydroxylation is 2. The summed E-state index contributed by atoms with van der Waals surface area (Å²) < 4.78 is 2.05. The molecule has 0 spiro atoms. The Kier molecular flexibility index (Phi) is 3.05. The van der Waals surface area contributed by atoms with Crippen molar-refractivity contribution in [2.45, 2.75) is 6.92 Å². The Hall–Kier alpha value is -2.92. The average molecular weight is 344 g/mol. The van der Waals surface area contributed by atoms with Crippen LogP contribution < -0.4 is 0 Å².